The predicted octanol–water partition coefficient (Wildman–Crippen LogP) is 1.23. The molecule has 1 aliphatic rings. The molecule has 0 amide bonds. The van der Waals surface area contributed by atoms with Gasteiger partial charge >= 0.3 is 0 Å². The number of aliphatic hydroxyl groups excluding tert-OH is 1. The summed E-state index contributed by atoms with van der Waals surface area (Å²) in [5.41, 5.74) is 8.35. The van der Waals surface area contributed by atoms with Crippen LogP contribution in [-0.2, 0) is 6.42 Å². The molecule has 1 aliphatic heterocycles. The maximum absolute atomic E-state index is 9.20. The Morgan fingerprint density at radius 3 is 2.89 bits per heavy atom. The van der Waals surface area contributed by atoms with E-state index in [4.69, 9.17) is 10.5 Å². The van der Waals surface area contributed by atoms with Crippen LogP contribution in [0.5, 0.6) is 5.75 Å². The van der Waals surface area contributed by atoms with Crippen LogP contribution in [0.3, 0.4) is 0 Å². The summed E-state index contributed by atoms with van der Waals surface area (Å²) in [6.07, 6.45) is 0.975. The van der Waals surface area contributed by atoms with Crippen molar-refractivity contribution in [3.05, 3.63) is 29.3 Å². The highest BCUT2D eigenvalue weighted by Gasteiger charge is 2.19. The molecule has 4 heteroatoms. The SMILES string of the molecule is CC(CO)C(C)NC(CN)c1ccc2c(c1)CCO2. The average molecular weight is 264 g/mol. The summed E-state index contributed by atoms with van der Waals surface area (Å²) in [5, 5.41) is 12.7. The average Bonchev–Trinajstić information content (AvgIpc) is 2.90. The molecular weight excluding hydrogens is 240 g/mol. The quantitative estimate of drug-likeness (QED) is 0.723. The summed E-state index contributed by atoms with van der Waals surface area (Å²) in [6.45, 7) is 5.62. The number of fused-ring (bicyclic) bond motifs is 1. The number of benzene rings is 1. The molecule has 0 spiro atoms. The first kappa shape index (κ1) is 14.3. The summed E-state index contributed by atoms with van der Waals surface area (Å²) in [6, 6.07) is 6.63. The van der Waals surface area contributed by atoms with E-state index in [1.165, 1.54) is 11.1 Å². The highest BCUT2D eigenvalue weighted by Crippen LogP contribution is 2.28. The summed E-state index contributed by atoms with van der Waals surface area (Å²) >= 11 is 0. The highest BCUT2D eigenvalue weighted by atomic mass is 16.5. The van der Waals surface area contributed by atoms with Gasteiger partial charge in [0.05, 0.1) is 6.61 Å². The van der Waals surface area contributed by atoms with E-state index in [1.54, 1.807) is 0 Å². The first-order valence-corrected chi connectivity index (χ1v) is 6.98. The maximum Gasteiger partial charge on any atom is 0.122 e. The van der Waals surface area contributed by atoms with Crippen molar-refractivity contribution in [3.8, 4) is 5.75 Å². The molecule has 3 atom stereocenters. The van der Waals surface area contributed by atoms with Crippen LogP contribution in [0.2, 0.25) is 0 Å². The van der Waals surface area contributed by atoms with Crippen molar-refractivity contribution < 1.29 is 9.84 Å². The molecule has 4 N–H and O–H groups in total. The monoisotopic (exact) mass is 264 g/mol. The van der Waals surface area contributed by atoms with Crippen molar-refractivity contribution in [2.45, 2.75) is 32.4 Å². The molecule has 1 heterocycles. The topological polar surface area (TPSA) is 67.5 Å². The van der Waals surface area contributed by atoms with E-state index in [0.29, 0.717) is 6.54 Å². The Labute approximate surface area is 115 Å². The number of hydrogen-bond acceptors (Lipinski definition) is 4. The second-order valence-corrected chi connectivity index (χ2v) is 5.37. The van der Waals surface area contributed by atoms with E-state index in [9.17, 15) is 5.11 Å². The van der Waals surface area contributed by atoms with Gasteiger partial charge in [0.15, 0.2) is 0 Å². The third-order valence-corrected chi connectivity index (χ3v) is 3.96. The van der Waals surface area contributed by atoms with Crippen LogP contribution in [0.4, 0.5) is 0 Å². The zero-order valence-electron chi connectivity index (χ0n) is 11.7. The van der Waals surface area contributed by atoms with E-state index in [-0.39, 0.29) is 24.6 Å². The zero-order valence-corrected chi connectivity index (χ0v) is 11.7. The Hall–Kier alpha value is -1.10. The third-order valence-electron chi connectivity index (χ3n) is 3.96. The fourth-order valence-corrected chi connectivity index (χ4v) is 2.36. The highest BCUT2D eigenvalue weighted by molar-refractivity contribution is 5.40. The lowest BCUT2D eigenvalue weighted by molar-refractivity contribution is 0.201. The summed E-state index contributed by atoms with van der Waals surface area (Å²) < 4.78 is 5.52. The van der Waals surface area contributed by atoms with Crippen LogP contribution in [0, 0.1) is 5.92 Å². The van der Waals surface area contributed by atoms with Crippen molar-refractivity contribution in [3.63, 3.8) is 0 Å². The Balaban J connectivity index is 2.09. The number of nitrogens with two attached hydrogens (primary N) is 1. The van der Waals surface area contributed by atoms with Gasteiger partial charge in [-0.25, -0.2) is 0 Å². The number of nitrogens with one attached hydrogen (secondary N) is 1. The van der Waals surface area contributed by atoms with Crippen molar-refractivity contribution in [2.75, 3.05) is 19.8 Å². The summed E-state index contributed by atoms with van der Waals surface area (Å²) in [7, 11) is 0. The van der Waals surface area contributed by atoms with Gasteiger partial charge in [-0.05, 0) is 30.0 Å². The molecule has 0 aliphatic carbocycles. The lowest BCUT2D eigenvalue weighted by atomic mass is 9.99. The van der Waals surface area contributed by atoms with Crippen LogP contribution < -0.4 is 15.8 Å². The minimum atomic E-state index is 0.120. The van der Waals surface area contributed by atoms with Gasteiger partial charge in [0.1, 0.15) is 5.75 Å². The molecule has 19 heavy (non-hydrogen) atoms. The summed E-state index contributed by atoms with van der Waals surface area (Å²) in [5.74, 6) is 1.21. The van der Waals surface area contributed by atoms with E-state index in [1.807, 2.05) is 13.0 Å². The minimum Gasteiger partial charge on any atom is -0.493 e. The summed E-state index contributed by atoms with van der Waals surface area (Å²) in [4.78, 5) is 0. The van der Waals surface area contributed by atoms with Crippen LogP contribution >= 0.6 is 0 Å². The van der Waals surface area contributed by atoms with E-state index >= 15 is 0 Å². The Morgan fingerprint density at radius 2 is 2.21 bits per heavy atom. The van der Waals surface area contributed by atoms with Crippen molar-refractivity contribution >= 4 is 0 Å². The zero-order chi connectivity index (χ0) is 13.8. The molecule has 0 radical (unpaired) electrons. The van der Waals surface area contributed by atoms with E-state index in [2.05, 4.69) is 24.4 Å². The van der Waals surface area contributed by atoms with Crippen LogP contribution in [-0.4, -0.2) is 30.9 Å². The number of hydrogen-bond donors (Lipinski definition) is 3. The number of ether oxygens (including phenoxy) is 1. The molecule has 2 rings (SSSR count). The van der Waals surface area contributed by atoms with Gasteiger partial charge in [-0.15, -0.1) is 0 Å². The molecule has 0 aromatic heterocycles. The Bertz CT molecular complexity index is 423. The number of aliphatic hydroxyl groups is 1. The van der Waals surface area contributed by atoms with Crippen molar-refractivity contribution in [1.29, 1.82) is 0 Å². The maximum atomic E-state index is 9.20. The standard InChI is InChI=1S/C15H24N2O2/c1-10(9-18)11(2)17-14(8-16)12-3-4-15-13(7-12)5-6-19-15/h3-4,7,10-11,14,17-18H,5-6,8-9,16H2,1-2H3. The van der Waals surface area contributed by atoms with Gasteiger partial charge in [0.25, 0.3) is 0 Å². The molecule has 1 aromatic carbocycles. The molecule has 3 unspecified atom stereocenters. The molecule has 0 saturated heterocycles. The first-order chi connectivity index (χ1) is 9.15. The molecule has 0 bridgehead atoms. The molecule has 106 valence electrons. The minimum absolute atomic E-state index is 0.120. The van der Waals surface area contributed by atoms with Crippen molar-refractivity contribution in [2.24, 2.45) is 11.7 Å². The normalized spacial score (nSPS) is 18.5. The van der Waals surface area contributed by atoms with Crippen LogP contribution in [0.1, 0.15) is 31.0 Å². The second kappa shape index (κ2) is 6.37. The van der Waals surface area contributed by atoms with Gasteiger partial charge in [0, 0.05) is 31.7 Å². The second-order valence-electron chi connectivity index (χ2n) is 5.37. The fraction of sp³-hybridized carbons (Fsp3) is 0.600. The molecule has 1 aromatic rings. The first-order valence-electron chi connectivity index (χ1n) is 6.98. The van der Waals surface area contributed by atoms with Gasteiger partial charge in [-0.2, -0.15) is 0 Å². The number of rotatable bonds is 6. The predicted molar refractivity (Wildman–Crippen MR) is 76.3 cm³/mol. The van der Waals surface area contributed by atoms with Gasteiger partial charge in [-0.3, -0.25) is 0 Å². The Morgan fingerprint density at radius 1 is 1.42 bits per heavy atom. The van der Waals surface area contributed by atoms with Gasteiger partial charge in [0.2, 0.25) is 0 Å². The fourth-order valence-electron chi connectivity index (χ4n) is 2.36. The molecule has 0 fully saturated rings. The van der Waals surface area contributed by atoms with E-state index < -0.39 is 0 Å². The van der Waals surface area contributed by atoms with Crippen LogP contribution in [0.25, 0.3) is 0 Å². The third kappa shape index (κ3) is 3.26. The van der Waals surface area contributed by atoms with Crippen molar-refractivity contribution in [1.82, 2.24) is 5.32 Å². The van der Waals surface area contributed by atoms with Gasteiger partial charge < -0.3 is 20.9 Å². The lowest BCUT2D eigenvalue weighted by Crippen LogP contribution is -2.39. The molecular formula is C15H24N2O2. The largest absolute Gasteiger partial charge is 0.493 e. The Kier molecular flexibility index (Phi) is 4.80. The molecule has 4 nitrogen and oxygen atoms in total. The van der Waals surface area contributed by atoms with E-state index in [0.717, 1.165) is 18.8 Å². The smallest absolute Gasteiger partial charge is 0.122 e. The van der Waals surface area contributed by atoms with Crippen LogP contribution in [0.15, 0.2) is 18.2 Å². The molecule has 0 saturated carbocycles. The van der Waals surface area contributed by atoms with Gasteiger partial charge in [-0.1, -0.05) is 19.1 Å². The lowest BCUT2D eigenvalue weighted by Gasteiger charge is -2.26.